The highest BCUT2D eigenvalue weighted by Gasteiger charge is 2.82. The van der Waals surface area contributed by atoms with Crippen LogP contribution >= 0.6 is 0 Å². The predicted molar refractivity (Wildman–Crippen MR) is 110 cm³/mol. The van der Waals surface area contributed by atoms with Gasteiger partial charge in [0.1, 0.15) is 6.10 Å². The van der Waals surface area contributed by atoms with Crippen molar-refractivity contribution in [2.24, 2.45) is 5.92 Å². The zero-order valence-electron chi connectivity index (χ0n) is 19.3. The molecule has 1 aliphatic heterocycles. The lowest BCUT2D eigenvalue weighted by atomic mass is 9.98. The second-order valence-electron chi connectivity index (χ2n) is 8.03. The van der Waals surface area contributed by atoms with Gasteiger partial charge < -0.3 is 9.47 Å². The molecular weight excluding hydrogens is 552 g/mol. The fraction of sp³-hybridized carbons (Fsp3) is 0.889. The first-order valence-corrected chi connectivity index (χ1v) is 13.6. The molecule has 36 heavy (non-hydrogen) atoms. The number of alkyl halides is 6. The van der Waals surface area contributed by atoms with Gasteiger partial charge in [-0.05, 0) is 25.7 Å². The third-order valence-corrected chi connectivity index (χ3v) is 8.33. The topological polar surface area (TPSA) is 144 Å². The Morgan fingerprint density at radius 2 is 1.53 bits per heavy atom. The molecular formula is C18H27F6NO9S2. The quantitative estimate of drug-likeness (QED) is 0.198. The number of unbranched alkanes of at least 4 members (excludes halogenated alkanes) is 1. The van der Waals surface area contributed by atoms with E-state index in [9.17, 15) is 52.8 Å². The molecule has 0 amide bonds. The lowest BCUT2D eigenvalue weighted by Crippen LogP contribution is -2.63. The van der Waals surface area contributed by atoms with Gasteiger partial charge in [-0.2, -0.15) is 39.1 Å². The van der Waals surface area contributed by atoms with Crippen LogP contribution in [-0.2, 0) is 39.2 Å². The molecule has 1 N–H and O–H groups in total. The van der Waals surface area contributed by atoms with Crippen LogP contribution in [-0.4, -0.2) is 79.9 Å². The molecule has 1 rings (SSSR count). The predicted octanol–water partition coefficient (Wildman–Crippen LogP) is 2.79. The Labute approximate surface area is 204 Å². The van der Waals surface area contributed by atoms with Crippen LogP contribution in [0.15, 0.2) is 0 Å². The Kier molecular flexibility index (Phi) is 10.6. The van der Waals surface area contributed by atoms with Gasteiger partial charge >= 0.3 is 38.5 Å². The lowest BCUT2D eigenvalue weighted by Gasteiger charge is -2.36. The molecule has 0 radical (unpaired) electrons. The molecule has 212 valence electrons. The Hall–Kier alpha value is -1.66. The summed E-state index contributed by atoms with van der Waals surface area (Å²) in [7, 11) is -13.7. The second kappa shape index (κ2) is 11.8. The first kappa shape index (κ1) is 32.4. The highest BCUT2D eigenvalue weighted by atomic mass is 32.2. The number of hydrogen-bond acceptors (Lipinski definition) is 8. The molecule has 0 aliphatic carbocycles. The van der Waals surface area contributed by atoms with E-state index in [0.29, 0.717) is 12.8 Å². The van der Waals surface area contributed by atoms with E-state index in [1.54, 1.807) is 6.92 Å². The van der Waals surface area contributed by atoms with Gasteiger partial charge in [0.05, 0.1) is 5.92 Å². The molecule has 0 aromatic carbocycles. The van der Waals surface area contributed by atoms with Crippen molar-refractivity contribution in [2.75, 3.05) is 19.7 Å². The molecule has 18 heteroatoms. The number of ether oxygens (including phenoxy) is 2. The number of hydrogen-bond donors (Lipinski definition) is 1. The van der Waals surface area contributed by atoms with Gasteiger partial charge in [0.25, 0.3) is 10.0 Å². The van der Waals surface area contributed by atoms with Crippen LogP contribution in [0, 0.1) is 5.92 Å². The molecule has 1 fully saturated rings. The van der Waals surface area contributed by atoms with Crippen molar-refractivity contribution in [2.45, 2.75) is 74.9 Å². The van der Waals surface area contributed by atoms with Crippen LogP contribution in [0.2, 0.25) is 0 Å². The van der Waals surface area contributed by atoms with Crippen LogP contribution < -0.4 is 0 Å². The number of piperidine rings is 1. The standard InChI is InChI=1S/C18H27F6NO9S2/c1-3-5-6-13(4-2)34-14(26)11-33-15(27)12-7-9-25(10-8-12)35(28,29)17(21,22)16(19,20)18(23,24)36(30,31)32/h12-13H,3-11H2,1-2H3,(H,30,31,32). The van der Waals surface area contributed by atoms with Gasteiger partial charge in [0.15, 0.2) is 6.61 Å². The van der Waals surface area contributed by atoms with E-state index in [1.807, 2.05) is 6.92 Å². The number of halogens is 6. The van der Waals surface area contributed by atoms with Crippen LogP contribution in [0.5, 0.6) is 0 Å². The van der Waals surface area contributed by atoms with Crippen LogP contribution in [0.25, 0.3) is 0 Å². The normalized spacial score (nSPS) is 18.0. The summed E-state index contributed by atoms with van der Waals surface area (Å²) in [6, 6.07) is 0. The van der Waals surface area contributed by atoms with Gasteiger partial charge in [0, 0.05) is 13.1 Å². The zero-order chi connectivity index (χ0) is 28.2. The summed E-state index contributed by atoms with van der Waals surface area (Å²) in [6.07, 6.45) is 1.27. The minimum atomic E-state index is -7.13. The summed E-state index contributed by atoms with van der Waals surface area (Å²) in [5.74, 6) is -10.1. The maximum atomic E-state index is 14.1. The second-order valence-corrected chi connectivity index (χ2v) is 11.5. The van der Waals surface area contributed by atoms with Gasteiger partial charge in [-0.1, -0.05) is 26.7 Å². The average molecular weight is 580 g/mol. The zero-order valence-corrected chi connectivity index (χ0v) is 20.9. The lowest BCUT2D eigenvalue weighted by molar-refractivity contribution is -0.247. The number of sulfonamides is 1. The van der Waals surface area contributed by atoms with E-state index in [4.69, 9.17) is 14.0 Å². The van der Waals surface area contributed by atoms with Crippen molar-refractivity contribution in [3.8, 4) is 0 Å². The molecule has 1 atom stereocenters. The van der Waals surface area contributed by atoms with Crippen LogP contribution in [0.3, 0.4) is 0 Å². The fourth-order valence-corrected chi connectivity index (χ4v) is 5.22. The highest BCUT2D eigenvalue weighted by molar-refractivity contribution is 7.90. The molecule has 0 bridgehead atoms. The number of rotatable bonds is 13. The Morgan fingerprint density at radius 3 is 1.97 bits per heavy atom. The molecule has 0 aromatic heterocycles. The minimum Gasteiger partial charge on any atom is -0.460 e. The summed E-state index contributed by atoms with van der Waals surface area (Å²) < 4.78 is 145. The van der Waals surface area contributed by atoms with Crippen LogP contribution in [0.4, 0.5) is 26.3 Å². The van der Waals surface area contributed by atoms with E-state index in [0.717, 1.165) is 12.8 Å². The van der Waals surface area contributed by atoms with E-state index in [1.165, 1.54) is 0 Å². The summed E-state index contributed by atoms with van der Waals surface area (Å²) in [4.78, 5) is 24.0. The Morgan fingerprint density at radius 1 is 1.00 bits per heavy atom. The van der Waals surface area contributed by atoms with E-state index in [2.05, 4.69) is 0 Å². The Bertz CT molecular complexity index is 997. The van der Waals surface area contributed by atoms with Crippen molar-refractivity contribution in [1.29, 1.82) is 0 Å². The molecule has 0 aromatic rings. The third-order valence-electron chi connectivity index (χ3n) is 5.47. The van der Waals surface area contributed by atoms with Crippen molar-refractivity contribution in [1.82, 2.24) is 4.31 Å². The van der Waals surface area contributed by atoms with E-state index in [-0.39, 0.29) is 4.31 Å². The molecule has 1 unspecified atom stereocenters. The minimum absolute atomic E-state index is 0.307. The fourth-order valence-electron chi connectivity index (χ4n) is 3.23. The third kappa shape index (κ3) is 6.61. The van der Waals surface area contributed by atoms with Crippen molar-refractivity contribution in [3.05, 3.63) is 0 Å². The summed E-state index contributed by atoms with van der Waals surface area (Å²) >= 11 is 0. The smallest absolute Gasteiger partial charge is 0.439 e. The van der Waals surface area contributed by atoms with Crippen LogP contribution in [0.1, 0.15) is 52.4 Å². The first-order chi connectivity index (χ1) is 16.3. The van der Waals surface area contributed by atoms with Crippen molar-refractivity contribution in [3.63, 3.8) is 0 Å². The van der Waals surface area contributed by atoms with Gasteiger partial charge in [-0.15, -0.1) is 0 Å². The van der Waals surface area contributed by atoms with Crippen molar-refractivity contribution >= 4 is 32.1 Å². The highest BCUT2D eigenvalue weighted by Crippen LogP contribution is 2.51. The summed E-state index contributed by atoms with van der Waals surface area (Å²) in [5, 5.41) is -13.5. The molecule has 10 nitrogen and oxygen atoms in total. The maximum Gasteiger partial charge on any atom is 0.439 e. The molecule has 1 heterocycles. The van der Waals surface area contributed by atoms with E-state index < -0.39 is 93.1 Å². The molecule has 1 saturated heterocycles. The van der Waals surface area contributed by atoms with Gasteiger partial charge in [0.2, 0.25) is 0 Å². The average Bonchev–Trinajstić information content (AvgIpc) is 2.79. The number of carbonyl (C=O) groups excluding carboxylic acids is 2. The molecule has 0 spiro atoms. The number of nitrogens with zero attached hydrogens (tertiary/aromatic N) is 1. The number of esters is 2. The van der Waals surface area contributed by atoms with Gasteiger partial charge in [-0.3, -0.25) is 9.35 Å². The summed E-state index contributed by atoms with van der Waals surface area (Å²) in [6.45, 7) is 0.920. The monoisotopic (exact) mass is 579 g/mol. The maximum absolute atomic E-state index is 14.1. The largest absolute Gasteiger partial charge is 0.460 e. The van der Waals surface area contributed by atoms with Gasteiger partial charge in [-0.25, -0.2) is 13.2 Å². The SMILES string of the molecule is CCCCC(CC)OC(=O)COC(=O)C1CCN(S(=O)(=O)C(F)(F)C(F)(F)C(F)(F)S(=O)(=O)O)CC1. The number of carbonyl (C=O) groups is 2. The first-order valence-electron chi connectivity index (χ1n) is 10.7. The molecule has 1 aliphatic rings. The van der Waals surface area contributed by atoms with Crippen molar-refractivity contribution < 1.29 is 66.8 Å². The Balaban J connectivity index is 2.80. The van der Waals surface area contributed by atoms with E-state index >= 15 is 0 Å². The molecule has 0 saturated carbocycles. The summed E-state index contributed by atoms with van der Waals surface area (Å²) in [5.41, 5.74) is 0.